The topological polar surface area (TPSA) is 29.9 Å². The molecule has 0 saturated carbocycles. The monoisotopic (exact) mass is 389 g/mol. The molecule has 1 aromatic heterocycles. The van der Waals surface area contributed by atoms with Crippen LogP contribution < -0.4 is 5.32 Å². The summed E-state index contributed by atoms with van der Waals surface area (Å²) in [5.41, 5.74) is 3.05. The van der Waals surface area contributed by atoms with E-state index in [1.54, 1.807) is 0 Å². The maximum Gasteiger partial charge on any atom is 0.0847 e. The number of aromatic nitrogens is 2. The second kappa shape index (κ2) is 7.14. The molecule has 21 heavy (non-hydrogen) atoms. The van der Waals surface area contributed by atoms with Crippen LogP contribution in [0.1, 0.15) is 29.9 Å². The molecule has 1 N–H and O–H groups in total. The summed E-state index contributed by atoms with van der Waals surface area (Å²) < 4.78 is 2.85. The zero-order chi connectivity index (χ0) is 15.6. The molecule has 2 aromatic rings. The van der Waals surface area contributed by atoms with Gasteiger partial charge in [0.1, 0.15) is 0 Å². The summed E-state index contributed by atoms with van der Waals surface area (Å²) >= 11 is 16.0. The maximum atomic E-state index is 6.37. The predicted molar refractivity (Wildman–Crippen MR) is 92.2 cm³/mol. The molecule has 0 aliphatic rings. The average Bonchev–Trinajstić information content (AvgIpc) is 2.65. The normalized spacial score (nSPS) is 12.7. The first-order valence-corrected chi connectivity index (χ1v) is 8.35. The molecule has 3 nitrogen and oxygen atoms in total. The molecule has 1 aromatic carbocycles. The van der Waals surface area contributed by atoms with Crippen molar-refractivity contribution in [1.29, 1.82) is 0 Å². The third-order valence-electron chi connectivity index (χ3n) is 3.45. The molecule has 0 radical (unpaired) electrons. The molecule has 0 amide bonds. The number of likely N-dealkylation sites (N-methyl/N-ethyl adjacent to an activating group) is 1. The third kappa shape index (κ3) is 3.81. The van der Waals surface area contributed by atoms with Gasteiger partial charge in [0.05, 0.1) is 16.4 Å². The summed E-state index contributed by atoms with van der Waals surface area (Å²) in [7, 11) is 1.92. The van der Waals surface area contributed by atoms with E-state index in [1.165, 1.54) is 0 Å². The SMILES string of the molecule is CCNC(Cc1c(Cl)c(C)nn1C)c1ccc(Cl)cc1Br. The Morgan fingerprint density at radius 1 is 1.38 bits per heavy atom. The Hall–Kier alpha value is -0.550. The lowest BCUT2D eigenvalue weighted by atomic mass is 10.0. The van der Waals surface area contributed by atoms with Crippen molar-refractivity contribution in [2.24, 2.45) is 7.05 Å². The van der Waals surface area contributed by atoms with Gasteiger partial charge >= 0.3 is 0 Å². The van der Waals surface area contributed by atoms with Gasteiger partial charge in [-0.05, 0) is 31.2 Å². The molecule has 0 bridgehead atoms. The molecule has 0 fully saturated rings. The summed E-state index contributed by atoms with van der Waals surface area (Å²) in [6.07, 6.45) is 0.768. The molecular weight excluding hydrogens is 373 g/mol. The van der Waals surface area contributed by atoms with Crippen molar-refractivity contribution in [1.82, 2.24) is 15.1 Å². The van der Waals surface area contributed by atoms with Crippen molar-refractivity contribution < 1.29 is 0 Å². The molecule has 114 valence electrons. The number of aryl methyl sites for hydroxylation is 2. The number of hydrogen-bond donors (Lipinski definition) is 1. The zero-order valence-corrected chi connectivity index (χ0v) is 15.3. The minimum Gasteiger partial charge on any atom is -0.310 e. The van der Waals surface area contributed by atoms with Crippen LogP contribution in [0.25, 0.3) is 0 Å². The smallest absolute Gasteiger partial charge is 0.0847 e. The largest absolute Gasteiger partial charge is 0.310 e. The Bertz CT molecular complexity index is 640. The van der Waals surface area contributed by atoms with Crippen LogP contribution in [0.3, 0.4) is 0 Å². The van der Waals surface area contributed by atoms with Crippen LogP contribution in [0.4, 0.5) is 0 Å². The van der Waals surface area contributed by atoms with E-state index in [0.29, 0.717) is 0 Å². The van der Waals surface area contributed by atoms with E-state index in [1.807, 2.05) is 36.9 Å². The molecule has 0 spiro atoms. The van der Waals surface area contributed by atoms with Crippen LogP contribution >= 0.6 is 39.1 Å². The Balaban J connectivity index is 2.35. The van der Waals surface area contributed by atoms with Gasteiger partial charge in [-0.1, -0.05) is 52.1 Å². The highest BCUT2D eigenvalue weighted by molar-refractivity contribution is 9.10. The quantitative estimate of drug-likeness (QED) is 0.802. The number of nitrogens with one attached hydrogen (secondary N) is 1. The predicted octanol–water partition coefficient (Wildman–Crippen LogP) is 4.69. The Kier molecular flexibility index (Phi) is 5.72. The van der Waals surface area contributed by atoms with Crippen LogP contribution in [0.15, 0.2) is 22.7 Å². The fourth-order valence-corrected chi connectivity index (χ4v) is 3.61. The van der Waals surface area contributed by atoms with Crippen molar-refractivity contribution in [2.45, 2.75) is 26.3 Å². The van der Waals surface area contributed by atoms with Crippen molar-refractivity contribution >= 4 is 39.1 Å². The Labute approximate surface area is 143 Å². The molecule has 1 atom stereocenters. The maximum absolute atomic E-state index is 6.37. The van der Waals surface area contributed by atoms with Crippen molar-refractivity contribution in [3.8, 4) is 0 Å². The first kappa shape index (κ1) is 16.8. The lowest BCUT2D eigenvalue weighted by Gasteiger charge is -2.20. The molecule has 1 unspecified atom stereocenters. The summed E-state index contributed by atoms with van der Waals surface area (Å²) in [6.45, 7) is 4.88. The molecule has 6 heteroatoms. The molecular formula is C15H18BrCl2N3. The molecule has 1 heterocycles. The van der Waals surface area contributed by atoms with E-state index in [0.717, 1.165) is 44.4 Å². The van der Waals surface area contributed by atoms with Crippen molar-refractivity contribution in [2.75, 3.05) is 6.54 Å². The van der Waals surface area contributed by atoms with Gasteiger partial charge in [0.2, 0.25) is 0 Å². The Morgan fingerprint density at radius 3 is 2.62 bits per heavy atom. The summed E-state index contributed by atoms with van der Waals surface area (Å²) in [4.78, 5) is 0. The lowest BCUT2D eigenvalue weighted by molar-refractivity contribution is 0.527. The van der Waals surface area contributed by atoms with Gasteiger partial charge in [-0.2, -0.15) is 5.10 Å². The van der Waals surface area contributed by atoms with Crippen LogP contribution in [0.2, 0.25) is 10.0 Å². The highest BCUT2D eigenvalue weighted by atomic mass is 79.9. The first-order chi connectivity index (χ1) is 9.93. The van der Waals surface area contributed by atoms with E-state index in [-0.39, 0.29) is 6.04 Å². The van der Waals surface area contributed by atoms with E-state index in [2.05, 4.69) is 33.3 Å². The number of rotatable bonds is 5. The van der Waals surface area contributed by atoms with E-state index >= 15 is 0 Å². The van der Waals surface area contributed by atoms with Gasteiger partial charge < -0.3 is 5.32 Å². The van der Waals surface area contributed by atoms with Crippen LogP contribution in [-0.2, 0) is 13.5 Å². The average molecular weight is 391 g/mol. The first-order valence-electron chi connectivity index (χ1n) is 6.80. The number of benzene rings is 1. The number of halogens is 3. The van der Waals surface area contributed by atoms with Gasteiger partial charge in [0.15, 0.2) is 0 Å². The second-order valence-corrected chi connectivity index (χ2v) is 6.62. The highest BCUT2D eigenvalue weighted by Crippen LogP contribution is 2.31. The fourth-order valence-electron chi connectivity index (χ4n) is 2.42. The van der Waals surface area contributed by atoms with Crippen LogP contribution in [-0.4, -0.2) is 16.3 Å². The van der Waals surface area contributed by atoms with E-state index in [4.69, 9.17) is 23.2 Å². The summed E-state index contributed by atoms with van der Waals surface area (Å²) in [5, 5.41) is 9.34. The summed E-state index contributed by atoms with van der Waals surface area (Å²) in [5.74, 6) is 0. The lowest BCUT2D eigenvalue weighted by Crippen LogP contribution is -2.24. The van der Waals surface area contributed by atoms with Gasteiger partial charge in [0.25, 0.3) is 0 Å². The molecule has 0 aliphatic carbocycles. The van der Waals surface area contributed by atoms with Gasteiger partial charge in [-0.25, -0.2) is 0 Å². The molecule has 0 aliphatic heterocycles. The van der Waals surface area contributed by atoms with Crippen LogP contribution in [0, 0.1) is 6.92 Å². The number of nitrogens with zero attached hydrogens (tertiary/aromatic N) is 2. The minimum absolute atomic E-state index is 0.147. The van der Waals surface area contributed by atoms with E-state index < -0.39 is 0 Å². The van der Waals surface area contributed by atoms with Gasteiger partial charge in [-0.3, -0.25) is 4.68 Å². The summed E-state index contributed by atoms with van der Waals surface area (Å²) in [6, 6.07) is 6.00. The molecule has 0 saturated heterocycles. The van der Waals surface area contributed by atoms with Crippen molar-refractivity contribution in [3.63, 3.8) is 0 Å². The second-order valence-electron chi connectivity index (χ2n) is 4.95. The van der Waals surface area contributed by atoms with Crippen LogP contribution in [0.5, 0.6) is 0 Å². The highest BCUT2D eigenvalue weighted by Gasteiger charge is 2.19. The third-order valence-corrected chi connectivity index (χ3v) is 4.86. The Morgan fingerprint density at radius 2 is 2.10 bits per heavy atom. The van der Waals surface area contributed by atoms with E-state index in [9.17, 15) is 0 Å². The standard InChI is InChI=1S/C15H18BrCl2N3/c1-4-19-13(11-6-5-10(17)7-12(11)16)8-14-15(18)9(2)20-21(14)3/h5-7,13,19H,4,8H2,1-3H3. The minimum atomic E-state index is 0.147. The fraction of sp³-hybridized carbons (Fsp3) is 0.400. The molecule has 2 rings (SSSR count). The van der Waals surface area contributed by atoms with Crippen molar-refractivity contribution in [3.05, 3.63) is 49.7 Å². The van der Waals surface area contributed by atoms with Gasteiger partial charge in [-0.15, -0.1) is 0 Å². The zero-order valence-electron chi connectivity index (χ0n) is 12.3. The number of hydrogen-bond acceptors (Lipinski definition) is 2. The van der Waals surface area contributed by atoms with Gasteiger partial charge in [0, 0.05) is 29.0 Å².